The molecule has 0 atom stereocenters. The molecule has 1 aromatic rings. The molecule has 108 valence electrons. The van der Waals surface area contributed by atoms with E-state index in [9.17, 15) is 9.90 Å². The number of nitrogens with zero attached hydrogens (tertiary/aromatic N) is 1. The van der Waals surface area contributed by atoms with Gasteiger partial charge in [0.05, 0.1) is 0 Å². The number of carboxylic acid groups (broad SMARTS) is 1. The Morgan fingerprint density at radius 2 is 1.90 bits per heavy atom. The highest BCUT2D eigenvalue weighted by Crippen LogP contribution is 2.27. The highest BCUT2D eigenvalue weighted by molar-refractivity contribution is 5.93. The summed E-state index contributed by atoms with van der Waals surface area (Å²) in [5.41, 5.74) is 2.55. The minimum absolute atomic E-state index is 0.342. The highest BCUT2D eigenvalue weighted by Gasteiger charge is 2.22. The van der Waals surface area contributed by atoms with E-state index in [1.54, 1.807) is 0 Å². The molecule has 0 aliphatic heterocycles. The van der Waals surface area contributed by atoms with Gasteiger partial charge in [-0.2, -0.15) is 0 Å². The van der Waals surface area contributed by atoms with Crippen molar-refractivity contribution in [2.75, 3.05) is 5.32 Å². The summed E-state index contributed by atoms with van der Waals surface area (Å²) in [4.78, 5) is 16.1. The van der Waals surface area contributed by atoms with Crippen molar-refractivity contribution in [2.45, 2.75) is 63.8 Å². The maximum absolute atomic E-state index is 11.5. The van der Waals surface area contributed by atoms with Crippen molar-refractivity contribution in [2.24, 2.45) is 0 Å². The molecule has 2 N–H and O–H groups in total. The summed E-state index contributed by atoms with van der Waals surface area (Å²) in [5, 5.41) is 12.8. The smallest absolute Gasteiger partial charge is 0.339 e. The minimum Gasteiger partial charge on any atom is -0.478 e. The van der Waals surface area contributed by atoms with Crippen molar-refractivity contribution >= 4 is 11.8 Å². The van der Waals surface area contributed by atoms with E-state index in [0.29, 0.717) is 17.4 Å². The van der Waals surface area contributed by atoms with Crippen LogP contribution in [-0.2, 0) is 12.8 Å². The Hall–Kier alpha value is -1.58. The van der Waals surface area contributed by atoms with E-state index in [0.717, 1.165) is 43.4 Å². The van der Waals surface area contributed by atoms with Crippen molar-refractivity contribution in [1.82, 2.24) is 4.98 Å². The summed E-state index contributed by atoms with van der Waals surface area (Å²) in [6.45, 7) is 0. The van der Waals surface area contributed by atoms with E-state index >= 15 is 0 Å². The molecule has 0 spiro atoms. The Balaban J connectivity index is 1.85. The zero-order chi connectivity index (χ0) is 13.9. The lowest BCUT2D eigenvalue weighted by Crippen LogP contribution is -2.21. The van der Waals surface area contributed by atoms with Crippen LogP contribution in [0, 0.1) is 0 Å². The van der Waals surface area contributed by atoms with E-state index in [1.165, 1.54) is 25.7 Å². The molecule has 20 heavy (non-hydrogen) atoms. The number of anilines is 1. The van der Waals surface area contributed by atoms with Gasteiger partial charge >= 0.3 is 5.97 Å². The van der Waals surface area contributed by atoms with Crippen LogP contribution in [0.25, 0.3) is 0 Å². The van der Waals surface area contributed by atoms with Crippen molar-refractivity contribution in [3.05, 3.63) is 22.9 Å². The van der Waals surface area contributed by atoms with Gasteiger partial charge in [0.1, 0.15) is 11.4 Å². The molecule has 2 aliphatic carbocycles. The van der Waals surface area contributed by atoms with Crippen LogP contribution < -0.4 is 5.32 Å². The van der Waals surface area contributed by atoms with E-state index in [2.05, 4.69) is 10.3 Å². The largest absolute Gasteiger partial charge is 0.478 e. The fourth-order valence-corrected chi connectivity index (χ4v) is 3.36. The van der Waals surface area contributed by atoms with Crippen LogP contribution in [0.2, 0.25) is 0 Å². The van der Waals surface area contributed by atoms with Crippen molar-refractivity contribution in [3.8, 4) is 0 Å². The number of hydrogen-bond donors (Lipinski definition) is 2. The normalized spacial score (nSPS) is 19.4. The van der Waals surface area contributed by atoms with Crippen LogP contribution >= 0.6 is 0 Å². The van der Waals surface area contributed by atoms with Crippen LogP contribution in [0.5, 0.6) is 0 Å². The maximum atomic E-state index is 11.5. The maximum Gasteiger partial charge on any atom is 0.339 e. The van der Waals surface area contributed by atoms with E-state index in [1.807, 2.05) is 6.07 Å². The summed E-state index contributed by atoms with van der Waals surface area (Å²) in [6.07, 6.45) is 10.3. The van der Waals surface area contributed by atoms with Crippen LogP contribution in [0.3, 0.4) is 0 Å². The third-order valence-corrected chi connectivity index (χ3v) is 4.48. The van der Waals surface area contributed by atoms with Crippen LogP contribution in [0.1, 0.15) is 66.6 Å². The SMILES string of the molecule is O=C(O)c1cc2c(nc1NC1CCCCCC1)CCC2. The van der Waals surface area contributed by atoms with Gasteiger partial charge in [0, 0.05) is 11.7 Å². The fourth-order valence-electron chi connectivity index (χ4n) is 3.36. The lowest BCUT2D eigenvalue weighted by Gasteiger charge is -2.19. The second-order valence-corrected chi connectivity index (χ2v) is 5.98. The number of nitrogens with one attached hydrogen (secondary N) is 1. The first kappa shape index (κ1) is 13.4. The molecule has 3 rings (SSSR count). The number of aromatic carboxylic acids is 1. The average molecular weight is 274 g/mol. The summed E-state index contributed by atoms with van der Waals surface area (Å²) < 4.78 is 0. The fraction of sp³-hybridized carbons (Fsp3) is 0.625. The second kappa shape index (κ2) is 5.81. The summed E-state index contributed by atoms with van der Waals surface area (Å²) in [5.74, 6) is -0.284. The molecule has 1 heterocycles. The molecule has 1 aromatic heterocycles. The van der Waals surface area contributed by atoms with Gasteiger partial charge in [0.25, 0.3) is 0 Å². The molecular formula is C16H22N2O2. The van der Waals surface area contributed by atoms with E-state index in [-0.39, 0.29) is 0 Å². The van der Waals surface area contributed by atoms with Crippen molar-refractivity contribution < 1.29 is 9.90 Å². The summed E-state index contributed by atoms with van der Waals surface area (Å²) >= 11 is 0. The molecule has 1 fully saturated rings. The molecule has 0 radical (unpaired) electrons. The first-order chi connectivity index (χ1) is 9.74. The molecule has 0 amide bonds. The van der Waals surface area contributed by atoms with Crippen LogP contribution in [0.15, 0.2) is 6.07 Å². The zero-order valence-corrected chi connectivity index (χ0v) is 11.8. The highest BCUT2D eigenvalue weighted by atomic mass is 16.4. The van der Waals surface area contributed by atoms with Gasteiger partial charge < -0.3 is 10.4 Å². The molecule has 0 unspecified atom stereocenters. The predicted octanol–water partition coefficient (Wildman–Crippen LogP) is 3.40. The Bertz CT molecular complexity index is 505. The number of hydrogen-bond acceptors (Lipinski definition) is 3. The third kappa shape index (κ3) is 2.79. The van der Waals surface area contributed by atoms with Gasteiger partial charge in [-0.15, -0.1) is 0 Å². The molecular weight excluding hydrogens is 252 g/mol. The molecule has 4 nitrogen and oxygen atoms in total. The molecule has 4 heteroatoms. The average Bonchev–Trinajstić information content (AvgIpc) is 2.73. The van der Waals surface area contributed by atoms with Gasteiger partial charge in [-0.25, -0.2) is 9.78 Å². The Morgan fingerprint density at radius 3 is 2.60 bits per heavy atom. The van der Waals surface area contributed by atoms with Crippen molar-refractivity contribution in [1.29, 1.82) is 0 Å². The van der Waals surface area contributed by atoms with Crippen LogP contribution in [0.4, 0.5) is 5.82 Å². The summed E-state index contributed by atoms with van der Waals surface area (Å²) in [6, 6.07) is 2.21. The lowest BCUT2D eigenvalue weighted by molar-refractivity contribution is 0.0697. The topological polar surface area (TPSA) is 62.2 Å². The zero-order valence-electron chi connectivity index (χ0n) is 11.8. The number of fused-ring (bicyclic) bond motifs is 1. The second-order valence-electron chi connectivity index (χ2n) is 5.98. The van der Waals surface area contributed by atoms with Crippen LogP contribution in [-0.4, -0.2) is 22.1 Å². The molecule has 0 saturated heterocycles. The monoisotopic (exact) mass is 274 g/mol. The number of aromatic nitrogens is 1. The predicted molar refractivity (Wildman–Crippen MR) is 78.3 cm³/mol. The van der Waals surface area contributed by atoms with Gasteiger partial charge in [-0.05, 0) is 43.7 Å². The number of pyridine rings is 1. The number of carbonyl (C=O) groups is 1. The van der Waals surface area contributed by atoms with Gasteiger partial charge in [-0.1, -0.05) is 25.7 Å². The quantitative estimate of drug-likeness (QED) is 0.829. The van der Waals surface area contributed by atoms with Gasteiger partial charge in [-0.3, -0.25) is 0 Å². The van der Waals surface area contributed by atoms with Gasteiger partial charge in [0.2, 0.25) is 0 Å². The Labute approximate surface area is 119 Å². The Kier molecular flexibility index (Phi) is 3.90. The van der Waals surface area contributed by atoms with Crippen molar-refractivity contribution in [3.63, 3.8) is 0 Å². The molecule has 1 saturated carbocycles. The molecule has 2 aliphatic rings. The third-order valence-electron chi connectivity index (χ3n) is 4.48. The Morgan fingerprint density at radius 1 is 1.15 bits per heavy atom. The number of aryl methyl sites for hydroxylation is 2. The molecule has 0 bridgehead atoms. The minimum atomic E-state index is -0.872. The van der Waals surface area contributed by atoms with E-state index < -0.39 is 5.97 Å². The number of carboxylic acids is 1. The first-order valence-corrected chi connectivity index (χ1v) is 7.76. The lowest BCUT2D eigenvalue weighted by atomic mass is 10.1. The number of rotatable bonds is 3. The first-order valence-electron chi connectivity index (χ1n) is 7.76. The van der Waals surface area contributed by atoms with E-state index in [4.69, 9.17) is 0 Å². The standard InChI is InChI=1S/C16H22N2O2/c19-16(20)13-10-11-6-5-9-14(11)18-15(13)17-12-7-3-1-2-4-8-12/h10,12H,1-9H2,(H,17,18)(H,19,20). The van der Waals surface area contributed by atoms with Gasteiger partial charge in [0.15, 0.2) is 0 Å². The summed E-state index contributed by atoms with van der Waals surface area (Å²) in [7, 11) is 0. The molecule has 0 aromatic carbocycles.